The monoisotopic (exact) mass is 498 g/mol. The Labute approximate surface area is 210 Å². The van der Waals surface area contributed by atoms with Crippen molar-refractivity contribution in [2.24, 2.45) is 0 Å². The first-order valence-corrected chi connectivity index (χ1v) is 11.3. The number of fused-ring (bicyclic) bond motifs is 1. The van der Waals surface area contributed by atoms with Crippen LogP contribution in [0.4, 0.5) is 0 Å². The van der Waals surface area contributed by atoms with E-state index in [9.17, 15) is 9.59 Å². The zero-order valence-corrected chi connectivity index (χ0v) is 20.1. The second-order valence-corrected chi connectivity index (χ2v) is 8.02. The number of carbonyl (C=O) groups is 1. The van der Waals surface area contributed by atoms with Crippen LogP contribution < -0.4 is 15.0 Å². The summed E-state index contributed by atoms with van der Waals surface area (Å²) in [6.45, 7) is -0.210. The summed E-state index contributed by atoms with van der Waals surface area (Å²) in [5.41, 5.74) is 2.01. The zero-order chi connectivity index (χ0) is 25.8. The summed E-state index contributed by atoms with van der Waals surface area (Å²) < 4.78 is 21.3. The lowest BCUT2D eigenvalue weighted by Crippen LogP contribution is -2.14. The molecule has 10 heteroatoms. The van der Waals surface area contributed by atoms with E-state index >= 15 is 0 Å². The van der Waals surface area contributed by atoms with E-state index in [0.29, 0.717) is 50.7 Å². The number of benzene rings is 3. The first-order valence-electron chi connectivity index (χ1n) is 11.3. The number of carbonyl (C=O) groups excluding carboxylic acids is 1. The van der Waals surface area contributed by atoms with Gasteiger partial charge in [0, 0.05) is 12.0 Å². The SMILES string of the molecule is COc1ccc(-c2noc(COC(=O)c3ccccc3Cc3nc4ccccc4c(=O)[nH]3)n2)cc1OC. The van der Waals surface area contributed by atoms with Gasteiger partial charge in [-0.1, -0.05) is 35.5 Å². The molecule has 186 valence electrons. The normalized spacial score (nSPS) is 10.9. The largest absolute Gasteiger partial charge is 0.493 e. The summed E-state index contributed by atoms with van der Waals surface area (Å²) in [5, 5.41) is 4.46. The van der Waals surface area contributed by atoms with Gasteiger partial charge in [-0.2, -0.15) is 4.98 Å². The van der Waals surface area contributed by atoms with Crippen molar-refractivity contribution in [1.82, 2.24) is 20.1 Å². The Morgan fingerprint density at radius 2 is 1.73 bits per heavy atom. The van der Waals surface area contributed by atoms with Gasteiger partial charge in [-0.25, -0.2) is 9.78 Å². The van der Waals surface area contributed by atoms with Gasteiger partial charge in [0.05, 0.1) is 30.7 Å². The molecule has 2 aromatic heterocycles. The molecule has 0 fully saturated rings. The van der Waals surface area contributed by atoms with Gasteiger partial charge in [-0.05, 0) is 42.0 Å². The van der Waals surface area contributed by atoms with E-state index in [4.69, 9.17) is 18.7 Å². The third-order valence-corrected chi connectivity index (χ3v) is 5.69. The van der Waals surface area contributed by atoms with Gasteiger partial charge in [-0.15, -0.1) is 0 Å². The standard InChI is InChI=1S/C27H22N4O6/c1-34-21-12-11-17(13-22(21)35-2)25-30-24(37-31-25)15-36-27(33)18-8-4-3-7-16(18)14-23-28-20-10-6-5-9-19(20)26(32)29-23/h3-13H,14-15H2,1-2H3,(H,28,29,32). The summed E-state index contributed by atoms with van der Waals surface area (Å²) >= 11 is 0. The number of aromatic amines is 1. The maximum atomic E-state index is 12.9. The molecule has 0 atom stereocenters. The van der Waals surface area contributed by atoms with E-state index in [1.54, 1.807) is 67.8 Å². The molecule has 37 heavy (non-hydrogen) atoms. The molecule has 0 aliphatic rings. The molecule has 10 nitrogen and oxygen atoms in total. The van der Waals surface area contributed by atoms with Gasteiger partial charge in [0.15, 0.2) is 18.1 Å². The zero-order valence-electron chi connectivity index (χ0n) is 20.1. The number of esters is 1. The van der Waals surface area contributed by atoms with Gasteiger partial charge in [0.1, 0.15) is 5.82 Å². The number of para-hydroxylation sites is 1. The van der Waals surface area contributed by atoms with E-state index in [1.807, 2.05) is 6.07 Å². The van der Waals surface area contributed by atoms with E-state index in [-0.39, 0.29) is 24.5 Å². The van der Waals surface area contributed by atoms with E-state index in [2.05, 4.69) is 20.1 Å². The minimum atomic E-state index is -0.565. The average Bonchev–Trinajstić information content (AvgIpc) is 3.41. The van der Waals surface area contributed by atoms with E-state index in [0.717, 1.165) is 0 Å². The first kappa shape index (κ1) is 23.7. The molecule has 0 saturated heterocycles. The van der Waals surface area contributed by atoms with Crippen molar-refractivity contribution >= 4 is 16.9 Å². The molecule has 3 aromatic carbocycles. The molecule has 0 saturated carbocycles. The molecule has 5 rings (SSSR count). The third kappa shape index (κ3) is 5.03. The molecule has 0 radical (unpaired) electrons. The van der Waals surface area contributed by atoms with Gasteiger partial charge in [0.2, 0.25) is 5.82 Å². The summed E-state index contributed by atoms with van der Waals surface area (Å²) in [6.07, 6.45) is 0.245. The Kier molecular flexibility index (Phi) is 6.62. The third-order valence-electron chi connectivity index (χ3n) is 5.69. The molecule has 0 unspecified atom stereocenters. The summed E-state index contributed by atoms with van der Waals surface area (Å²) in [6, 6.07) is 19.3. The van der Waals surface area contributed by atoms with Gasteiger partial charge < -0.3 is 23.7 Å². The molecule has 0 amide bonds. The Morgan fingerprint density at radius 1 is 0.946 bits per heavy atom. The number of nitrogens with zero attached hydrogens (tertiary/aromatic N) is 3. The maximum absolute atomic E-state index is 12.9. The number of hydrogen-bond acceptors (Lipinski definition) is 9. The van der Waals surface area contributed by atoms with Crippen molar-refractivity contribution in [3.8, 4) is 22.9 Å². The molecular weight excluding hydrogens is 476 g/mol. The Morgan fingerprint density at radius 3 is 2.57 bits per heavy atom. The number of ether oxygens (including phenoxy) is 3. The van der Waals surface area contributed by atoms with Crippen molar-refractivity contribution < 1.29 is 23.5 Å². The lowest BCUT2D eigenvalue weighted by Gasteiger charge is -2.09. The van der Waals surface area contributed by atoms with Crippen LogP contribution in [0, 0.1) is 0 Å². The van der Waals surface area contributed by atoms with Crippen LogP contribution in [0.2, 0.25) is 0 Å². The van der Waals surface area contributed by atoms with Crippen molar-refractivity contribution in [2.75, 3.05) is 14.2 Å². The second kappa shape index (κ2) is 10.3. The van der Waals surface area contributed by atoms with Crippen LogP contribution in [0.25, 0.3) is 22.3 Å². The van der Waals surface area contributed by atoms with Crippen molar-refractivity contribution in [2.45, 2.75) is 13.0 Å². The lowest BCUT2D eigenvalue weighted by molar-refractivity contribution is 0.0428. The predicted octanol–water partition coefficient (Wildman–Crippen LogP) is 3.94. The van der Waals surface area contributed by atoms with Gasteiger partial charge in [0.25, 0.3) is 11.4 Å². The quantitative estimate of drug-likeness (QED) is 0.316. The maximum Gasteiger partial charge on any atom is 0.338 e. The smallest absolute Gasteiger partial charge is 0.338 e. The topological polar surface area (TPSA) is 129 Å². The summed E-state index contributed by atoms with van der Waals surface area (Å²) in [7, 11) is 3.09. The lowest BCUT2D eigenvalue weighted by atomic mass is 10.0. The molecule has 1 N–H and O–H groups in total. The van der Waals surface area contributed by atoms with Gasteiger partial charge in [-0.3, -0.25) is 4.79 Å². The number of aromatic nitrogens is 4. The molecule has 0 bridgehead atoms. The van der Waals surface area contributed by atoms with Crippen LogP contribution in [0.1, 0.15) is 27.6 Å². The summed E-state index contributed by atoms with van der Waals surface area (Å²) in [5.74, 6) is 1.43. The fourth-order valence-electron chi connectivity index (χ4n) is 3.88. The Bertz CT molecular complexity index is 1640. The van der Waals surface area contributed by atoms with Crippen LogP contribution in [-0.4, -0.2) is 40.3 Å². The fourth-order valence-corrected chi connectivity index (χ4v) is 3.88. The molecule has 0 aliphatic carbocycles. The Balaban J connectivity index is 1.30. The highest BCUT2D eigenvalue weighted by Crippen LogP contribution is 2.31. The highest BCUT2D eigenvalue weighted by molar-refractivity contribution is 5.91. The average molecular weight is 498 g/mol. The number of H-pyrrole nitrogens is 1. The second-order valence-electron chi connectivity index (χ2n) is 8.02. The Hall–Kier alpha value is -4.99. The highest BCUT2D eigenvalue weighted by atomic mass is 16.6. The van der Waals surface area contributed by atoms with Gasteiger partial charge >= 0.3 is 5.97 Å². The molecule has 5 aromatic rings. The van der Waals surface area contributed by atoms with Crippen LogP contribution >= 0.6 is 0 Å². The summed E-state index contributed by atoms with van der Waals surface area (Å²) in [4.78, 5) is 36.9. The molecule has 0 spiro atoms. The fraction of sp³-hybridized carbons (Fsp3) is 0.148. The molecule has 0 aliphatic heterocycles. The first-order chi connectivity index (χ1) is 18.1. The number of hydrogen-bond donors (Lipinski definition) is 1. The van der Waals surface area contributed by atoms with E-state index < -0.39 is 5.97 Å². The minimum absolute atomic E-state index is 0.135. The van der Waals surface area contributed by atoms with Crippen LogP contribution in [0.3, 0.4) is 0 Å². The van der Waals surface area contributed by atoms with Crippen LogP contribution in [-0.2, 0) is 17.8 Å². The number of rotatable bonds is 8. The predicted molar refractivity (Wildman–Crippen MR) is 134 cm³/mol. The van der Waals surface area contributed by atoms with Crippen molar-refractivity contribution in [3.05, 3.63) is 99.9 Å². The van der Waals surface area contributed by atoms with Crippen LogP contribution in [0.15, 0.2) is 76.0 Å². The van der Waals surface area contributed by atoms with E-state index in [1.165, 1.54) is 7.11 Å². The van der Waals surface area contributed by atoms with Crippen LogP contribution in [0.5, 0.6) is 11.5 Å². The number of methoxy groups -OCH3 is 2. The minimum Gasteiger partial charge on any atom is -0.493 e. The number of nitrogens with one attached hydrogen (secondary N) is 1. The molecule has 2 heterocycles. The molecular formula is C27H22N4O6. The van der Waals surface area contributed by atoms with Crippen molar-refractivity contribution in [1.29, 1.82) is 0 Å². The van der Waals surface area contributed by atoms with Crippen molar-refractivity contribution in [3.63, 3.8) is 0 Å². The highest BCUT2D eigenvalue weighted by Gasteiger charge is 2.17.